The quantitative estimate of drug-likeness (QED) is 0.493. The van der Waals surface area contributed by atoms with Gasteiger partial charge in [-0.05, 0) is 38.1 Å². The molecule has 170 valence electrons. The molecule has 5 rings (SSSR count). The van der Waals surface area contributed by atoms with E-state index in [2.05, 4.69) is 40.8 Å². The van der Waals surface area contributed by atoms with E-state index in [4.69, 9.17) is 9.72 Å². The monoisotopic (exact) mass is 443 g/mol. The van der Waals surface area contributed by atoms with Crippen molar-refractivity contribution in [1.82, 2.24) is 19.4 Å². The molecule has 0 atom stereocenters. The van der Waals surface area contributed by atoms with E-state index in [0.29, 0.717) is 18.3 Å². The summed E-state index contributed by atoms with van der Waals surface area (Å²) in [7, 11) is 3.62. The highest BCUT2D eigenvalue weighted by atomic mass is 16.5. The van der Waals surface area contributed by atoms with Gasteiger partial charge in [0, 0.05) is 74.1 Å². The molecule has 0 fully saturated rings. The standard InChI is InChI=1S/C26H29N5O2/c1-17(2)30-9-10-31(25-12-20(33-4)13-26(32)21(25)16-30)19-5-6-22-23(11-19)28-24(14-27-22)18-7-8-29(3)15-18/h5-8,11-15,17,32H,9-10,16H2,1-4H3. The van der Waals surface area contributed by atoms with Gasteiger partial charge < -0.3 is 19.3 Å². The molecule has 0 spiro atoms. The molecular formula is C26H29N5O2. The minimum absolute atomic E-state index is 0.258. The molecule has 1 N–H and O–H groups in total. The van der Waals surface area contributed by atoms with Crippen molar-refractivity contribution in [2.45, 2.75) is 26.4 Å². The summed E-state index contributed by atoms with van der Waals surface area (Å²) in [5.74, 6) is 0.898. The second-order valence-electron chi connectivity index (χ2n) is 8.85. The van der Waals surface area contributed by atoms with Crippen LogP contribution in [0.2, 0.25) is 0 Å². The van der Waals surface area contributed by atoms with Crippen LogP contribution < -0.4 is 9.64 Å². The molecule has 0 saturated carbocycles. The van der Waals surface area contributed by atoms with E-state index >= 15 is 0 Å². The van der Waals surface area contributed by atoms with Crippen LogP contribution in [0.5, 0.6) is 11.5 Å². The molecule has 3 heterocycles. The van der Waals surface area contributed by atoms with Gasteiger partial charge in [-0.2, -0.15) is 0 Å². The summed E-state index contributed by atoms with van der Waals surface area (Å²) < 4.78 is 7.48. The van der Waals surface area contributed by atoms with Gasteiger partial charge in [-0.25, -0.2) is 4.98 Å². The van der Waals surface area contributed by atoms with Crippen molar-refractivity contribution < 1.29 is 9.84 Å². The molecule has 0 aliphatic carbocycles. The van der Waals surface area contributed by atoms with Crippen LogP contribution >= 0.6 is 0 Å². The first-order chi connectivity index (χ1) is 15.9. The first-order valence-electron chi connectivity index (χ1n) is 11.2. The Balaban J connectivity index is 1.61. The summed E-state index contributed by atoms with van der Waals surface area (Å²) >= 11 is 0. The predicted octanol–water partition coefficient (Wildman–Crippen LogP) is 4.71. The van der Waals surface area contributed by atoms with Crippen LogP contribution in [0.4, 0.5) is 11.4 Å². The van der Waals surface area contributed by atoms with Gasteiger partial charge in [0.15, 0.2) is 0 Å². The number of aromatic hydroxyl groups is 1. The number of benzene rings is 2. The lowest BCUT2D eigenvalue weighted by atomic mass is 10.1. The lowest BCUT2D eigenvalue weighted by molar-refractivity contribution is 0.221. The van der Waals surface area contributed by atoms with Gasteiger partial charge in [-0.1, -0.05) is 0 Å². The van der Waals surface area contributed by atoms with Crippen LogP contribution in [-0.4, -0.2) is 50.8 Å². The van der Waals surface area contributed by atoms with E-state index in [1.165, 1.54) is 0 Å². The maximum atomic E-state index is 10.8. The van der Waals surface area contributed by atoms with Gasteiger partial charge in [0.25, 0.3) is 0 Å². The molecular weight excluding hydrogens is 414 g/mol. The maximum absolute atomic E-state index is 10.8. The van der Waals surface area contributed by atoms with Gasteiger partial charge in [-0.3, -0.25) is 9.88 Å². The number of hydrogen-bond donors (Lipinski definition) is 1. The van der Waals surface area contributed by atoms with Crippen LogP contribution in [0.25, 0.3) is 22.3 Å². The Morgan fingerprint density at radius 3 is 2.64 bits per heavy atom. The normalized spacial score (nSPS) is 14.5. The van der Waals surface area contributed by atoms with E-state index in [0.717, 1.165) is 52.3 Å². The van der Waals surface area contributed by atoms with Crippen molar-refractivity contribution in [3.63, 3.8) is 0 Å². The predicted molar refractivity (Wildman–Crippen MR) is 131 cm³/mol. The fourth-order valence-electron chi connectivity index (χ4n) is 4.44. The third-order valence-corrected chi connectivity index (χ3v) is 6.37. The highest BCUT2D eigenvalue weighted by molar-refractivity contribution is 5.83. The number of fused-ring (bicyclic) bond motifs is 2. The summed E-state index contributed by atoms with van der Waals surface area (Å²) in [6.07, 6.45) is 5.87. The summed E-state index contributed by atoms with van der Waals surface area (Å²) in [4.78, 5) is 14.2. The van der Waals surface area contributed by atoms with E-state index in [9.17, 15) is 5.11 Å². The zero-order chi connectivity index (χ0) is 23.1. The van der Waals surface area contributed by atoms with Crippen molar-refractivity contribution in [3.05, 3.63) is 60.6 Å². The molecule has 0 saturated heterocycles. The lowest BCUT2D eigenvalue weighted by Crippen LogP contribution is -2.34. The number of rotatable bonds is 4. The first kappa shape index (κ1) is 21.3. The Labute approximate surface area is 193 Å². The Kier molecular flexibility index (Phi) is 5.42. The molecule has 7 nitrogen and oxygen atoms in total. The Hall–Kier alpha value is -3.58. The van der Waals surface area contributed by atoms with E-state index in [1.807, 2.05) is 48.4 Å². The van der Waals surface area contributed by atoms with Crippen LogP contribution in [0.3, 0.4) is 0 Å². The molecule has 1 aliphatic rings. The van der Waals surface area contributed by atoms with E-state index in [-0.39, 0.29) is 5.75 Å². The Morgan fingerprint density at radius 1 is 1.06 bits per heavy atom. The van der Waals surface area contributed by atoms with Crippen LogP contribution in [0.15, 0.2) is 55.0 Å². The average molecular weight is 444 g/mol. The fraction of sp³-hybridized carbons (Fsp3) is 0.308. The van der Waals surface area contributed by atoms with Gasteiger partial charge in [-0.15, -0.1) is 0 Å². The Bertz CT molecular complexity index is 1310. The fourth-order valence-corrected chi connectivity index (χ4v) is 4.44. The summed E-state index contributed by atoms with van der Waals surface area (Å²) in [6, 6.07) is 12.3. The average Bonchev–Trinajstić information content (AvgIpc) is 3.14. The second-order valence-corrected chi connectivity index (χ2v) is 8.85. The minimum atomic E-state index is 0.258. The number of aryl methyl sites for hydroxylation is 1. The molecule has 0 unspecified atom stereocenters. The number of ether oxygens (including phenoxy) is 1. The van der Waals surface area contributed by atoms with E-state index < -0.39 is 0 Å². The molecule has 0 amide bonds. The maximum Gasteiger partial charge on any atom is 0.125 e. The molecule has 7 heteroatoms. The smallest absolute Gasteiger partial charge is 0.125 e. The SMILES string of the molecule is COc1cc(O)c2c(c1)N(c1ccc3ncc(-c4ccn(C)c4)nc3c1)CCN(C(C)C)C2. The number of nitrogens with zero attached hydrogens (tertiary/aromatic N) is 5. The third kappa shape index (κ3) is 4.00. The summed E-state index contributed by atoms with van der Waals surface area (Å²) in [5, 5.41) is 10.8. The summed E-state index contributed by atoms with van der Waals surface area (Å²) in [5.41, 5.74) is 6.47. The number of phenolic OH excluding ortho intramolecular Hbond substituents is 1. The summed E-state index contributed by atoms with van der Waals surface area (Å²) in [6.45, 7) is 6.72. The molecule has 0 bridgehead atoms. The number of methoxy groups -OCH3 is 1. The van der Waals surface area contributed by atoms with Crippen LogP contribution in [-0.2, 0) is 13.6 Å². The van der Waals surface area contributed by atoms with Crippen molar-refractivity contribution in [2.75, 3.05) is 25.1 Å². The number of aromatic nitrogens is 3. The number of anilines is 2. The van der Waals surface area contributed by atoms with Crippen molar-refractivity contribution in [1.29, 1.82) is 0 Å². The zero-order valence-electron chi connectivity index (χ0n) is 19.5. The minimum Gasteiger partial charge on any atom is -0.507 e. The molecule has 2 aromatic heterocycles. The van der Waals surface area contributed by atoms with Crippen molar-refractivity contribution in [2.24, 2.45) is 7.05 Å². The number of hydrogen-bond acceptors (Lipinski definition) is 6. The second kappa shape index (κ2) is 8.41. The highest BCUT2D eigenvalue weighted by Gasteiger charge is 2.26. The molecule has 1 aliphatic heterocycles. The zero-order valence-corrected chi connectivity index (χ0v) is 19.5. The molecule has 33 heavy (non-hydrogen) atoms. The van der Waals surface area contributed by atoms with Crippen molar-refractivity contribution in [3.8, 4) is 22.8 Å². The van der Waals surface area contributed by atoms with Crippen LogP contribution in [0, 0.1) is 0 Å². The van der Waals surface area contributed by atoms with Crippen molar-refractivity contribution >= 4 is 22.4 Å². The lowest BCUT2D eigenvalue weighted by Gasteiger charge is -2.26. The van der Waals surface area contributed by atoms with Crippen LogP contribution in [0.1, 0.15) is 19.4 Å². The molecule has 0 radical (unpaired) electrons. The highest BCUT2D eigenvalue weighted by Crippen LogP contribution is 2.40. The Morgan fingerprint density at radius 2 is 1.91 bits per heavy atom. The van der Waals surface area contributed by atoms with E-state index in [1.54, 1.807) is 13.2 Å². The largest absolute Gasteiger partial charge is 0.507 e. The molecule has 2 aromatic carbocycles. The van der Waals surface area contributed by atoms with Gasteiger partial charge in [0.05, 0.1) is 35.7 Å². The van der Waals surface area contributed by atoms with Gasteiger partial charge in [0.2, 0.25) is 0 Å². The van der Waals surface area contributed by atoms with Gasteiger partial charge in [0.1, 0.15) is 11.5 Å². The topological polar surface area (TPSA) is 66.7 Å². The molecule has 4 aromatic rings. The number of phenols is 1. The first-order valence-corrected chi connectivity index (χ1v) is 11.2. The third-order valence-electron chi connectivity index (χ3n) is 6.37. The van der Waals surface area contributed by atoms with Gasteiger partial charge >= 0.3 is 0 Å².